The van der Waals surface area contributed by atoms with Crippen LogP contribution in [0.2, 0.25) is 0 Å². The van der Waals surface area contributed by atoms with E-state index in [0.29, 0.717) is 0 Å². The molecule has 9 nitrogen and oxygen atoms in total. The molecule has 0 aliphatic rings. The number of benzene rings is 2. The van der Waals surface area contributed by atoms with Crippen molar-refractivity contribution < 1.29 is 33.2 Å². The average molecular weight is 442 g/mol. The fraction of sp³-hybridized carbons (Fsp3) is 0.318. The summed E-state index contributed by atoms with van der Waals surface area (Å²) in [6, 6.07) is 15.5. The lowest BCUT2D eigenvalue weighted by Crippen LogP contribution is -2.47. The average Bonchev–Trinajstić information content (AvgIpc) is 2.83. The van der Waals surface area contributed by atoms with Gasteiger partial charge in [-0.2, -0.15) is 0 Å². The van der Waals surface area contributed by atoms with Gasteiger partial charge in [0, 0.05) is 20.6 Å². The summed E-state index contributed by atoms with van der Waals surface area (Å²) in [7, 11) is 3.83. The number of rotatable bonds is 11. The van der Waals surface area contributed by atoms with Crippen LogP contribution in [-0.4, -0.2) is 59.0 Å². The Kier molecular flexibility index (Phi) is 10.2. The summed E-state index contributed by atoms with van der Waals surface area (Å²) >= 11 is 0. The highest BCUT2D eigenvalue weighted by molar-refractivity contribution is 6.61. The fourth-order valence-corrected chi connectivity index (χ4v) is 2.92. The number of hydrogen-bond acceptors (Lipinski definition) is 7. The standard InChI is InChI=1S/C22H27BN2O7/c1-29-21(27)19(13-16-9-11-18(12-10-16)23(30-2)31-3)25-20(26)14-24-22(28)32-15-17-7-5-4-6-8-17/h4-12,19H,13-15H2,1-3H3,(H,24,28)(H,25,26)/t19-/m0/s1. The van der Waals surface area contributed by atoms with Crippen LogP contribution in [0.4, 0.5) is 4.79 Å². The molecule has 2 aromatic rings. The molecule has 0 aromatic heterocycles. The van der Waals surface area contributed by atoms with Crippen molar-refractivity contribution in [2.75, 3.05) is 27.9 Å². The Morgan fingerprint density at radius 2 is 1.56 bits per heavy atom. The Balaban J connectivity index is 1.86. The predicted molar refractivity (Wildman–Crippen MR) is 118 cm³/mol. The molecule has 0 heterocycles. The highest BCUT2D eigenvalue weighted by Gasteiger charge is 2.23. The van der Waals surface area contributed by atoms with Gasteiger partial charge in [0.1, 0.15) is 19.2 Å². The number of carbonyl (C=O) groups excluding carboxylic acids is 3. The van der Waals surface area contributed by atoms with Crippen LogP contribution in [0.15, 0.2) is 54.6 Å². The van der Waals surface area contributed by atoms with Crippen molar-refractivity contribution in [3.05, 3.63) is 65.7 Å². The van der Waals surface area contributed by atoms with E-state index in [1.165, 1.54) is 21.3 Å². The van der Waals surface area contributed by atoms with Gasteiger partial charge in [0.05, 0.1) is 7.11 Å². The highest BCUT2D eigenvalue weighted by atomic mass is 16.6. The van der Waals surface area contributed by atoms with Crippen molar-refractivity contribution in [1.29, 1.82) is 0 Å². The zero-order valence-electron chi connectivity index (χ0n) is 18.3. The number of amides is 2. The molecule has 0 spiro atoms. The lowest BCUT2D eigenvalue weighted by molar-refractivity contribution is -0.144. The minimum Gasteiger partial charge on any atom is -0.467 e. The molecule has 1 atom stereocenters. The van der Waals surface area contributed by atoms with Crippen LogP contribution in [0.3, 0.4) is 0 Å². The largest absolute Gasteiger partial charge is 0.493 e. The van der Waals surface area contributed by atoms with Crippen molar-refractivity contribution in [3.63, 3.8) is 0 Å². The van der Waals surface area contributed by atoms with E-state index in [9.17, 15) is 14.4 Å². The van der Waals surface area contributed by atoms with E-state index in [-0.39, 0.29) is 19.6 Å². The SMILES string of the molecule is COB(OC)c1ccc(C[C@H](NC(=O)CNC(=O)OCc2ccccc2)C(=O)OC)cc1. The predicted octanol–water partition coefficient (Wildman–Crippen LogP) is 0.801. The van der Waals surface area contributed by atoms with E-state index >= 15 is 0 Å². The lowest BCUT2D eigenvalue weighted by Gasteiger charge is -2.17. The van der Waals surface area contributed by atoms with Crippen LogP contribution in [0.1, 0.15) is 11.1 Å². The molecule has 0 radical (unpaired) electrons. The third kappa shape index (κ3) is 8.05. The van der Waals surface area contributed by atoms with Gasteiger partial charge in [-0.25, -0.2) is 9.59 Å². The number of methoxy groups -OCH3 is 1. The minimum atomic E-state index is -0.916. The maximum absolute atomic E-state index is 12.2. The van der Waals surface area contributed by atoms with Crippen LogP contribution in [0.5, 0.6) is 0 Å². The molecule has 10 heteroatoms. The van der Waals surface area contributed by atoms with Gasteiger partial charge >= 0.3 is 19.2 Å². The molecule has 2 N–H and O–H groups in total. The Bertz CT molecular complexity index is 874. The van der Waals surface area contributed by atoms with Gasteiger partial charge in [-0.15, -0.1) is 0 Å². The van der Waals surface area contributed by atoms with E-state index < -0.39 is 31.1 Å². The lowest BCUT2D eigenvalue weighted by atomic mass is 9.78. The van der Waals surface area contributed by atoms with Crippen molar-refractivity contribution in [2.24, 2.45) is 0 Å². The Hall–Kier alpha value is -3.37. The molecule has 0 fully saturated rings. The van der Waals surface area contributed by atoms with E-state index in [2.05, 4.69) is 10.6 Å². The zero-order chi connectivity index (χ0) is 23.3. The number of ether oxygens (including phenoxy) is 2. The topological polar surface area (TPSA) is 112 Å². The Morgan fingerprint density at radius 3 is 2.16 bits per heavy atom. The first-order valence-corrected chi connectivity index (χ1v) is 9.93. The Morgan fingerprint density at radius 1 is 0.906 bits per heavy atom. The van der Waals surface area contributed by atoms with Gasteiger partial charge < -0.3 is 29.4 Å². The summed E-state index contributed by atoms with van der Waals surface area (Å²) in [6.45, 7) is -0.258. The molecule has 0 saturated carbocycles. The first-order valence-electron chi connectivity index (χ1n) is 9.93. The zero-order valence-corrected chi connectivity index (χ0v) is 18.3. The maximum atomic E-state index is 12.2. The van der Waals surface area contributed by atoms with Gasteiger partial charge in [0.25, 0.3) is 0 Å². The van der Waals surface area contributed by atoms with Gasteiger partial charge in [-0.05, 0) is 16.6 Å². The van der Waals surface area contributed by atoms with Crippen LogP contribution >= 0.6 is 0 Å². The molecule has 0 unspecified atom stereocenters. The van der Waals surface area contributed by atoms with Crippen molar-refractivity contribution in [2.45, 2.75) is 19.1 Å². The van der Waals surface area contributed by atoms with Crippen LogP contribution in [0, 0.1) is 0 Å². The molecular formula is C22H27BN2O7. The number of alkyl carbamates (subject to hydrolysis) is 1. The smallest absolute Gasteiger partial charge is 0.467 e. The third-order valence-electron chi connectivity index (χ3n) is 4.55. The summed E-state index contributed by atoms with van der Waals surface area (Å²) in [6.07, 6.45) is -0.526. The molecule has 32 heavy (non-hydrogen) atoms. The van der Waals surface area contributed by atoms with Gasteiger partial charge in [-0.1, -0.05) is 54.6 Å². The van der Waals surface area contributed by atoms with Crippen LogP contribution < -0.4 is 16.1 Å². The van der Waals surface area contributed by atoms with E-state index in [0.717, 1.165) is 16.6 Å². The number of nitrogens with one attached hydrogen (secondary N) is 2. The van der Waals surface area contributed by atoms with E-state index in [4.69, 9.17) is 18.8 Å². The maximum Gasteiger partial charge on any atom is 0.493 e. The molecule has 0 aliphatic heterocycles. The van der Waals surface area contributed by atoms with Gasteiger partial charge in [-0.3, -0.25) is 4.79 Å². The number of hydrogen-bond donors (Lipinski definition) is 2. The minimum absolute atomic E-state index is 0.0854. The van der Waals surface area contributed by atoms with E-state index in [1.807, 2.05) is 54.6 Å². The first-order chi connectivity index (χ1) is 15.5. The molecule has 0 saturated heterocycles. The number of carbonyl (C=O) groups is 3. The molecule has 2 amide bonds. The third-order valence-corrected chi connectivity index (χ3v) is 4.55. The van der Waals surface area contributed by atoms with Crippen molar-refractivity contribution >= 4 is 30.6 Å². The monoisotopic (exact) mass is 442 g/mol. The molecule has 0 bridgehead atoms. The van der Waals surface area contributed by atoms with Crippen molar-refractivity contribution in [1.82, 2.24) is 10.6 Å². The number of esters is 1. The van der Waals surface area contributed by atoms with Gasteiger partial charge in [0.15, 0.2) is 0 Å². The van der Waals surface area contributed by atoms with Crippen LogP contribution in [0.25, 0.3) is 0 Å². The summed E-state index contributed by atoms with van der Waals surface area (Å²) < 4.78 is 20.3. The molecule has 0 aliphatic carbocycles. The quantitative estimate of drug-likeness (QED) is 0.391. The summed E-state index contributed by atoms with van der Waals surface area (Å²) in [5.74, 6) is -1.15. The highest BCUT2D eigenvalue weighted by Crippen LogP contribution is 2.05. The molecule has 2 aromatic carbocycles. The molecule has 2 rings (SSSR count). The summed E-state index contributed by atoms with van der Waals surface area (Å²) in [5, 5.41) is 4.93. The van der Waals surface area contributed by atoms with Crippen LogP contribution in [-0.2, 0) is 41.4 Å². The summed E-state index contributed by atoms with van der Waals surface area (Å²) in [5.41, 5.74) is 2.44. The molecule has 170 valence electrons. The van der Waals surface area contributed by atoms with Gasteiger partial charge in [0.2, 0.25) is 5.91 Å². The second-order valence-corrected chi connectivity index (χ2v) is 6.81. The summed E-state index contributed by atoms with van der Waals surface area (Å²) in [4.78, 5) is 36.2. The Labute approximate surface area is 187 Å². The van der Waals surface area contributed by atoms with Crippen molar-refractivity contribution in [3.8, 4) is 0 Å². The van der Waals surface area contributed by atoms with E-state index in [1.54, 1.807) is 0 Å². The fourth-order valence-electron chi connectivity index (χ4n) is 2.92. The normalized spacial score (nSPS) is 11.2. The molecular weight excluding hydrogens is 415 g/mol. The second-order valence-electron chi connectivity index (χ2n) is 6.81. The first kappa shape index (κ1) is 24.9. The second kappa shape index (κ2) is 13.1.